The molecule has 0 spiro atoms. The minimum Gasteiger partial charge on any atom is -0.472 e. The zero-order valence-electron chi connectivity index (χ0n) is 9.34. The fourth-order valence-electron chi connectivity index (χ4n) is 1.90. The van der Waals surface area contributed by atoms with Gasteiger partial charge in [0.15, 0.2) is 17.2 Å². The summed E-state index contributed by atoms with van der Waals surface area (Å²) in [4.78, 5) is 11.9. The number of para-hydroxylation sites is 1. The third kappa shape index (κ3) is 1.45. The number of amides is 1. The van der Waals surface area contributed by atoms with E-state index in [0.29, 0.717) is 18.5 Å². The number of fused-ring (bicyclic) bond motifs is 1. The third-order valence-corrected chi connectivity index (χ3v) is 3.07. The lowest BCUT2D eigenvalue weighted by Gasteiger charge is -2.36. The lowest BCUT2D eigenvalue weighted by Crippen LogP contribution is -2.50. The maximum atomic E-state index is 13.5. The van der Waals surface area contributed by atoms with Crippen molar-refractivity contribution in [2.45, 2.75) is 32.3 Å². The van der Waals surface area contributed by atoms with Crippen LogP contribution in [0.2, 0.25) is 0 Å². The van der Waals surface area contributed by atoms with Gasteiger partial charge in [-0.3, -0.25) is 4.79 Å². The van der Waals surface area contributed by atoms with E-state index in [1.54, 1.807) is 12.1 Å². The van der Waals surface area contributed by atoms with Crippen LogP contribution in [-0.4, -0.2) is 11.5 Å². The molecule has 1 aliphatic heterocycles. The fourth-order valence-corrected chi connectivity index (χ4v) is 1.90. The van der Waals surface area contributed by atoms with Crippen molar-refractivity contribution in [2.24, 2.45) is 0 Å². The average Bonchev–Trinajstić information content (AvgIpc) is 2.29. The van der Waals surface area contributed by atoms with Crippen molar-refractivity contribution in [3.8, 4) is 5.75 Å². The molecule has 1 aromatic carbocycles. The topological polar surface area (TPSA) is 38.3 Å². The Morgan fingerprint density at radius 3 is 2.69 bits per heavy atom. The minimum absolute atomic E-state index is 0.144. The summed E-state index contributed by atoms with van der Waals surface area (Å²) in [6.45, 7) is 3.71. The van der Waals surface area contributed by atoms with Crippen LogP contribution in [0.25, 0.3) is 0 Å². The fraction of sp³-hybridized carbons (Fsp3) is 0.417. The van der Waals surface area contributed by atoms with Crippen LogP contribution in [-0.2, 0) is 4.79 Å². The molecule has 1 heterocycles. The van der Waals surface area contributed by atoms with Crippen LogP contribution >= 0.6 is 0 Å². The first-order valence-corrected chi connectivity index (χ1v) is 5.42. The van der Waals surface area contributed by atoms with Crippen LogP contribution in [0.1, 0.15) is 26.7 Å². The predicted molar refractivity (Wildman–Crippen MR) is 59.0 cm³/mol. The molecule has 1 aliphatic rings. The van der Waals surface area contributed by atoms with Crippen molar-refractivity contribution in [3.63, 3.8) is 0 Å². The van der Waals surface area contributed by atoms with Gasteiger partial charge in [-0.15, -0.1) is 0 Å². The largest absolute Gasteiger partial charge is 0.472 e. The van der Waals surface area contributed by atoms with E-state index in [2.05, 4.69) is 5.32 Å². The second-order valence-corrected chi connectivity index (χ2v) is 3.87. The standard InChI is InChI=1S/C12H14FNO2/c1-3-12(4-2)11(15)14-9-7-5-6-8(13)10(9)16-12/h5-7H,3-4H2,1-2H3,(H,14,15). The first-order chi connectivity index (χ1) is 7.63. The number of nitrogens with one attached hydrogen (secondary N) is 1. The summed E-state index contributed by atoms with van der Waals surface area (Å²) in [6, 6.07) is 4.50. The Bertz CT molecular complexity index is 427. The molecule has 3 nitrogen and oxygen atoms in total. The smallest absolute Gasteiger partial charge is 0.268 e. The summed E-state index contributed by atoms with van der Waals surface area (Å²) in [5.41, 5.74) is -0.530. The number of benzene rings is 1. The van der Waals surface area contributed by atoms with Crippen molar-refractivity contribution < 1.29 is 13.9 Å². The van der Waals surface area contributed by atoms with Crippen molar-refractivity contribution in [1.82, 2.24) is 0 Å². The van der Waals surface area contributed by atoms with Crippen LogP contribution in [0.15, 0.2) is 18.2 Å². The van der Waals surface area contributed by atoms with Gasteiger partial charge in [-0.05, 0) is 25.0 Å². The van der Waals surface area contributed by atoms with Crippen LogP contribution < -0.4 is 10.1 Å². The van der Waals surface area contributed by atoms with E-state index in [4.69, 9.17) is 4.74 Å². The zero-order chi connectivity index (χ0) is 11.8. The number of ether oxygens (including phenoxy) is 1. The molecule has 0 atom stereocenters. The van der Waals surface area contributed by atoms with E-state index in [1.165, 1.54) is 6.07 Å². The maximum Gasteiger partial charge on any atom is 0.268 e. The molecular formula is C12H14FNO2. The van der Waals surface area contributed by atoms with Gasteiger partial charge in [0.05, 0.1) is 5.69 Å². The highest BCUT2D eigenvalue weighted by Crippen LogP contribution is 2.38. The molecule has 0 aromatic heterocycles. The summed E-state index contributed by atoms with van der Waals surface area (Å²) in [7, 11) is 0. The van der Waals surface area contributed by atoms with Crippen LogP contribution in [0.4, 0.5) is 10.1 Å². The third-order valence-electron chi connectivity index (χ3n) is 3.07. The number of anilines is 1. The normalized spacial score (nSPS) is 17.3. The molecule has 0 bridgehead atoms. The molecule has 0 aliphatic carbocycles. The quantitative estimate of drug-likeness (QED) is 0.837. The lowest BCUT2D eigenvalue weighted by molar-refractivity contribution is -0.133. The van der Waals surface area contributed by atoms with Gasteiger partial charge in [0.1, 0.15) is 0 Å². The van der Waals surface area contributed by atoms with Gasteiger partial charge in [-0.2, -0.15) is 0 Å². The highest BCUT2D eigenvalue weighted by Gasteiger charge is 2.42. The molecule has 0 fully saturated rings. The highest BCUT2D eigenvalue weighted by atomic mass is 19.1. The van der Waals surface area contributed by atoms with E-state index in [9.17, 15) is 9.18 Å². The monoisotopic (exact) mass is 223 g/mol. The van der Waals surface area contributed by atoms with Crippen molar-refractivity contribution in [1.29, 1.82) is 0 Å². The van der Waals surface area contributed by atoms with E-state index >= 15 is 0 Å². The molecular weight excluding hydrogens is 209 g/mol. The number of carbonyl (C=O) groups is 1. The second-order valence-electron chi connectivity index (χ2n) is 3.87. The Morgan fingerprint density at radius 1 is 1.38 bits per heavy atom. The van der Waals surface area contributed by atoms with Crippen LogP contribution in [0.5, 0.6) is 5.75 Å². The number of rotatable bonds is 2. The summed E-state index contributed by atoms with van der Waals surface area (Å²) in [5, 5.41) is 2.69. The Morgan fingerprint density at radius 2 is 2.06 bits per heavy atom. The molecule has 0 saturated heterocycles. The molecule has 1 aromatic rings. The van der Waals surface area contributed by atoms with Crippen LogP contribution in [0.3, 0.4) is 0 Å². The molecule has 1 amide bonds. The molecule has 16 heavy (non-hydrogen) atoms. The van der Waals surface area contributed by atoms with Crippen molar-refractivity contribution in [3.05, 3.63) is 24.0 Å². The van der Waals surface area contributed by atoms with Gasteiger partial charge in [-0.25, -0.2) is 4.39 Å². The van der Waals surface area contributed by atoms with Crippen molar-refractivity contribution in [2.75, 3.05) is 5.32 Å². The average molecular weight is 223 g/mol. The molecule has 0 saturated carbocycles. The van der Waals surface area contributed by atoms with E-state index in [1.807, 2.05) is 13.8 Å². The lowest BCUT2D eigenvalue weighted by atomic mass is 9.94. The summed E-state index contributed by atoms with van der Waals surface area (Å²) in [6.07, 6.45) is 1.03. The first-order valence-electron chi connectivity index (χ1n) is 5.42. The summed E-state index contributed by atoms with van der Waals surface area (Å²) < 4.78 is 19.1. The molecule has 1 N–H and O–H groups in total. The molecule has 0 radical (unpaired) electrons. The summed E-state index contributed by atoms with van der Waals surface area (Å²) in [5.74, 6) is -0.495. The zero-order valence-corrected chi connectivity index (χ0v) is 9.34. The highest BCUT2D eigenvalue weighted by molar-refractivity contribution is 6.00. The van der Waals surface area contributed by atoms with Gasteiger partial charge < -0.3 is 10.1 Å². The first kappa shape index (κ1) is 10.9. The van der Waals surface area contributed by atoms with Crippen molar-refractivity contribution >= 4 is 11.6 Å². The SMILES string of the molecule is CCC1(CC)Oc2c(F)cccc2NC1=O. The maximum absolute atomic E-state index is 13.5. The molecule has 0 unspecified atom stereocenters. The summed E-state index contributed by atoms with van der Waals surface area (Å²) >= 11 is 0. The van der Waals surface area contributed by atoms with Gasteiger partial charge in [0.25, 0.3) is 5.91 Å². The molecule has 4 heteroatoms. The number of hydrogen-bond acceptors (Lipinski definition) is 2. The second kappa shape index (κ2) is 3.77. The Kier molecular flexibility index (Phi) is 2.58. The van der Waals surface area contributed by atoms with Gasteiger partial charge in [0.2, 0.25) is 0 Å². The van der Waals surface area contributed by atoms with E-state index in [0.717, 1.165) is 0 Å². The predicted octanol–water partition coefficient (Wildman–Crippen LogP) is 2.72. The number of carbonyl (C=O) groups excluding carboxylic acids is 1. The Balaban J connectivity index is 2.48. The van der Waals surface area contributed by atoms with Gasteiger partial charge in [-0.1, -0.05) is 19.9 Å². The van der Waals surface area contributed by atoms with Gasteiger partial charge >= 0.3 is 0 Å². The van der Waals surface area contributed by atoms with Crippen LogP contribution in [0, 0.1) is 5.82 Å². The van der Waals surface area contributed by atoms with Gasteiger partial charge in [0, 0.05) is 0 Å². The molecule has 86 valence electrons. The van der Waals surface area contributed by atoms with E-state index in [-0.39, 0.29) is 11.7 Å². The van der Waals surface area contributed by atoms with E-state index < -0.39 is 11.4 Å². The Hall–Kier alpha value is -1.58. The number of halogens is 1. The Labute approximate surface area is 93.6 Å². The minimum atomic E-state index is -0.935. The molecule has 2 rings (SSSR count). The number of hydrogen-bond donors (Lipinski definition) is 1.